The minimum Gasteiger partial charge on any atom is -0.352 e. The van der Waals surface area contributed by atoms with E-state index in [0.29, 0.717) is 5.75 Å². The molecule has 4 nitrogen and oxygen atoms in total. The molecule has 4 rings (SSSR count). The molecule has 2 unspecified atom stereocenters. The minimum atomic E-state index is -0.329. The van der Waals surface area contributed by atoms with Crippen LogP contribution >= 0.6 is 11.8 Å². The second-order valence-corrected chi connectivity index (χ2v) is 8.08. The van der Waals surface area contributed by atoms with Crippen molar-refractivity contribution in [1.29, 1.82) is 0 Å². The first kappa shape index (κ1) is 15.1. The maximum atomic E-state index is 12.7. The van der Waals surface area contributed by atoms with E-state index < -0.39 is 0 Å². The highest BCUT2D eigenvalue weighted by Crippen LogP contribution is 2.48. The van der Waals surface area contributed by atoms with Crippen LogP contribution in [0.3, 0.4) is 0 Å². The first-order chi connectivity index (χ1) is 11.1. The summed E-state index contributed by atoms with van der Waals surface area (Å²) in [5.74, 6) is 1.50. The fourth-order valence-electron chi connectivity index (χ4n) is 3.94. The maximum Gasteiger partial charge on any atom is 0.256 e. The SMILES string of the molecule is CC1CCC(NC(=O)C2CSC3c4ccccc4C(=O)N23)CC1. The highest BCUT2D eigenvalue weighted by Gasteiger charge is 2.48. The summed E-state index contributed by atoms with van der Waals surface area (Å²) in [6.45, 7) is 2.27. The van der Waals surface area contributed by atoms with Crippen molar-refractivity contribution < 1.29 is 9.59 Å². The van der Waals surface area contributed by atoms with Gasteiger partial charge in [-0.15, -0.1) is 11.8 Å². The summed E-state index contributed by atoms with van der Waals surface area (Å²) in [6.07, 6.45) is 4.48. The summed E-state index contributed by atoms with van der Waals surface area (Å²) >= 11 is 1.70. The van der Waals surface area contributed by atoms with Gasteiger partial charge in [-0.2, -0.15) is 0 Å². The minimum absolute atomic E-state index is 0.00742. The number of nitrogens with zero attached hydrogens (tertiary/aromatic N) is 1. The normalized spacial score (nSPS) is 32.6. The number of carbonyl (C=O) groups excluding carboxylic acids is 2. The standard InChI is InChI=1S/C18H22N2O2S/c1-11-6-8-12(9-7-11)19-16(21)15-10-23-18-14-5-3-2-4-13(14)17(22)20(15)18/h2-5,11-12,15,18H,6-10H2,1H3,(H,19,21). The van der Waals surface area contributed by atoms with Crippen LogP contribution in [0.25, 0.3) is 0 Å². The molecule has 1 aromatic carbocycles. The number of hydrogen-bond donors (Lipinski definition) is 1. The van der Waals surface area contributed by atoms with Crippen molar-refractivity contribution in [2.24, 2.45) is 5.92 Å². The molecule has 3 aliphatic rings. The van der Waals surface area contributed by atoms with Crippen LogP contribution in [0.5, 0.6) is 0 Å². The van der Waals surface area contributed by atoms with Crippen LogP contribution in [0.2, 0.25) is 0 Å². The van der Waals surface area contributed by atoms with Crippen LogP contribution in [0, 0.1) is 5.92 Å². The number of amides is 2. The number of fused-ring (bicyclic) bond motifs is 3. The lowest BCUT2D eigenvalue weighted by Crippen LogP contribution is -2.49. The molecule has 23 heavy (non-hydrogen) atoms. The highest BCUT2D eigenvalue weighted by atomic mass is 32.2. The van der Waals surface area contributed by atoms with E-state index in [1.807, 2.05) is 24.3 Å². The van der Waals surface area contributed by atoms with Crippen LogP contribution in [0.4, 0.5) is 0 Å². The molecule has 1 saturated carbocycles. The van der Waals surface area contributed by atoms with Crippen molar-refractivity contribution in [3.8, 4) is 0 Å². The maximum absolute atomic E-state index is 12.7. The third-order valence-electron chi connectivity index (χ3n) is 5.36. The Bertz CT molecular complexity index is 640. The molecule has 0 bridgehead atoms. The molecular weight excluding hydrogens is 308 g/mol. The Morgan fingerprint density at radius 3 is 2.74 bits per heavy atom. The van der Waals surface area contributed by atoms with Crippen molar-refractivity contribution in [3.05, 3.63) is 35.4 Å². The molecule has 2 heterocycles. The van der Waals surface area contributed by atoms with Gasteiger partial charge in [0.25, 0.3) is 5.91 Å². The van der Waals surface area contributed by atoms with Crippen LogP contribution in [-0.2, 0) is 4.79 Å². The summed E-state index contributed by atoms with van der Waals surface area (Å²) in [7, 11) is 0. The van der Waals surface area contributed by atoms with E-state index in [0.717, 1.165) is 29.9 Å². The predicted molar refractivity (Wildman–Crippen MR) is 91.2 cm³/mol. The van der Waals surface area contributed by atoms with E-state index in [1.54, 1.807) is 16.7 Å². The average Bonchev–Trinajstić information content (AvgIpc) is 3.11. The molecule has 5 heteroatoms. The smallest absolute Gasteiger partial charge is 0.256 e. The van der Waals surface area contributed by atoms with Gasteiger partial charge in [0.2, 0.25) is 5.91 Å². The number of rotatable bonds is 2. The van der Waals surface area contributed by atoms with Crippen molar-refractivity contribution in [1.82, 2.24) is 10.2 Å². The van der Waals surface area contributed by atoms with Crippen LogP contribution < -0.4 is 5.32 Å². The fourth-order valence-corrected chi connectivity index (χ4v) is 5.41. The van der Waals surface area contributed by atoms with Gasteiger partial charge < -0.3 is 10.2 Å². The summed E-state index contributed by atoms with van der Waals surface area (Å²) in [6, 6.07) is 7.68. The van der Waals surface area contributed by atoms with E-state index in [4.69, 9.17) is 0 Å². The third-order valence-corrected chi connectivity index (χ3v) is 6.66. The number of nitrogens with one attached hydrogen (secondary N) is 1. The summed E-state index contributed by atoms with van der Waals surface area (Å²) in [5.41, 5.74) is 1.82. The summed E-state index contributed by atoms with van der Waals surface area (Å²) < 4.78 is 0. The number of carbonyl (C=O) groups is 2. The highest BCUT2D eigenvalue weighted by molar-refractivity contribution is 7.99. The van der Waals surface area contributed by atoms with Gasteiger partial charge in [-0.25, -0.2) is 0 Å². The third kappa shape index (κ3) is 2.55. The number of benzene rings is 1. The van der Waals surface area contributed by atoms with E-state index in [-0.39, 0.29) is 29.3 Å². The second-order valence-electron chi connectivity index (χ2n) is 6.97. The van der Waals surface area contributed by atoms with Gasteiger partial charge >= 0.3 is 0 Å². The van der Waals surface area contributed by atoms with Gasteiger partial charge in [-0.3, -0.25) is 9.59 Å². The first-order valence-corrected chi connectivity index (χ1v) is 9.53. The van der Waals surface area contributed by atoms with Crippen molar-refractivity contribution >= 4 is 23.6 Å². The van der Waals surface area contributed by atoms with Crippen molar-refractivity contribution in [2.75, 3.05) is 5.75 Å². The zero-order chi connectivity index (χ0) is 16.0. The summed E-state index contributed by atoms with van der Waals surface area (Å²) in [4.78, 5) is 27.2. The Balaban J connectivity index is 1.47. The Hall–Kier alpha value is -1.49. The molecule has 1 aliphatic carbocycles. The van der Waals surface area contributed by atoms with E-state index >= 15 is 0 Å². The quantitative estimate of drug-likeness (QED) is 0.907. The molecule has 0 spiro atoms. The largest absolute Gasteiger partial charge is 0.352 e. The van der Waals surface area contributed by atoms with Gasteiger partial charge in [-0.1, -0.05) is 25.1 Å². The average molecular weight is 330 g/mol. The predicted octanol–water partition coefficient (Wildman–Crippen LogP) is 2.95. The van der Waals surface area contributed by atoms with Gasteiger partial charge in [0.15, 0.2) is 0 Å². The zero-order valence-corrected chi connectivity index (χ0v) is 14.1. The number of thioether (sulfide) groups is 1. The first-order valence-electron chi connectivity index (χ1n) is 8.48. The molecule has 122 valence electrons. The zero-order valence-electron chi connectivity index (χ0n) is 13.3. The molecule has 2 atom stereocenters. The monoisotopic (exact) mass is 330 g/mol. The van der Waals surface area contributed by atoms with E-state index in [9.17, 15) is 9.59 Å². The second kappa shape index (κ2) is 5.86. The Kier molecular flexibility index (Phi) is 3.84. The summed E-state index contributed by atoms with van der Waals surface area (Å²) in [5, 5.41) is 3.21. The lowest BCUT2D eigenvalue weighted by molar-refractivity contribution is -0.125. The van der Waals surface area contributed by atoms with Gasteiger partial charge in [0.05, 0.1) is 0 Å². The molecule has 2 aliphatic heterocycles. The van der Waals surface area contributed by atoms with Crippen LogP contribution in [-0.4, -0.2) is 34.6 Å². The molecule has 1 aromatic rings. The van der Waals surface area contributed by atoms with Gasteiger partial charge in [0, 0.05) is 17.4 Å². The Morgan fingerprint density at radius 2 is 1.96 bits per heavy atom. The molecule has 1 N–H and O–H groups in total. The molecular formula is C18H22N2O2S. The Morgan fingerprint density at radius 1 is 1.22 bits per heavy atom. The van der Waals surface area contributed by atoms with E-state index in [2.05, 4.69) is 12.2 Å². The fraction of sp³-hybridized carbons (Fsp3) is 0.556. The van der Waals surface area contributed by atoms with Crippen LogP contribution in [0.1, 0.15) is 53.9 Å². The topological polar surface area (TPSA) is 49.4 Å². The molecule has 2 fully saturated rings. The molecule has 0 aromatic heterocycles. The Labute approximate surface area is 141 Å². The molecule has 0 radical (unpaired) electrons. The van der Waals surface area contributed by atoms with Gasteiger partial charge in [-0.05, 0) is 43.2 Å². The van der Waals surface area contributed by atoms with Gasteiger partial charge in [0.1, 0.15) is 11.4 Å². The van der Waals surface area contributed by atoms with E-state index in [1.165, 1.54) is 12.8 Å². The number of hydrogen-bond acceptors (Lipinski definition) is 3. The molecule has 1 saturated heterocycles. The van der Waals surface area contributed by atoms with Crippen LogP contribution in [0.15, 0.2) is 24.3 Å². The lowest BCUT2D eigenvalue weighted by atomic mass is 9.87. The van der Waals surface area contributed by atoms with Crippen molar-refractivity contribution in [2.45, 2.75) is 50.1 Å². The molecule has 2 amide bonds. The van der Waals surface area contributed by atoms with Crippen molar-refractivity contribution in [3.63, 3.8) is 0 Å². The lowest BCUT2D eigenvalue weighted by Gasteiger charge is -2.29.